The molecule has 0 aromatic carbocycles. The van der Waals surface area contributed by atoms with Crippen molar-refractivity contribution in [2.75, 3.05) is 24.7 Å². The molecule has 8 heteroatoms. The first-order chi connectivity index (χ1) is 8.27. The van der Waals surface area contributed by atoms with Crippen LogP contribution < -0.4 is 5.32 Å². The van der Waals surface area contributed by atoms with Gasteiger partial charge >= 0.3 is 0 Å². The van der Waals surface area contributed by atoms with Gasteiger partial charge in [-0.15, -0.1) is 11.3 Å². The van der Waals surface area contributed by atoms with Crippen LogP contribution in [-0.2, 0) is 14.8 Å². The van der Waals surface area contributed by atoms with Crippen LogP contribution >= 0.6 is 11.3 Å². The van der Waals surface area contributed by atoms with E-state index in [2.05, 4.69) is 10.3 Å². The second-order valence-electron chi connectivity index (χ2n) is 4.43. The summed E-state index contributed by atoms with van der Waals surface area (Å²) in [7, 11) is -3.17. The highest BCUT2D eigenvalue weighted by Gasteiger charge is 2.37. The van der Waals surface area contributed by atoms with Crippen molar-refractivity contribution in [3.8, 4) is 0 Å². The van der Waals surface area contributed by atoms with E-state index in [9.17, 15) is 13.2 Å². The van der Waals surface area contributed by atoms with Crippen LogP contribution in [0.4, 0.5) is 5.13 Å². The molecule has 1 aromatic heterocycles. The summed E-state index contributed by atoms with van der Waals surface area (Å²) in [6.07, 6.45) is 1.15. The minimum atomic E-state index is -3.17. The number of aryl methyl sites for hydroxylation is 2. The zero-order chi connectivity index (χ0) is 13.5. The molecule has 2 rings (SSSR count). The molecule has 100 valence electrons. The quantitative estimate of drug-likeness (QED) is 0.883. The van der Waals surface area contributed by atoms with Crippen molar-refractivity contribution in [2.45, 2.75) is 13.8 Å². The third kappa shape index (κ3) is 2.70. The maximum Gasteiger partial charge on any atom is 0.231 e. The van der Waals surface area contributed by atoms with Gasteiger partial charge in [0.15, 0.2) is 5.13 Å². The predicted molar refractivity (Wildman–Crippen MR) is 70.1 cm³/mol. The van der Waals surface area contributed by atoms with Crippen molar-refractivity contribution in [2.24, 2.45) is 5.92 Å². The number of carbonyl (C=O) groups is 1. The number of sulfonamides is 1. The molecule has 1 aromatic rings. The Labute approximate surface area is 110 Å². The van der Waals surface area contributed by atoms with E-state index in [1.807, 2.05) is 13.8 Å². The van der Waals surface area contributed by atoms with Crippen LogP contribution in [0.3, 0.4) is 0 Å². The topological polar surface area (TPSA) is 79.4 Å². The van der Waals surface area contributed by atoms with E-state index in [0.29, 0.717) is 5.13 Å². The Kier molecular flexibility index (Phi) is 3.43. The molecule has 0 bridgehead atoms. The minimum absolute atomic E-state index is 0.163. The van der Waals surface area contributed by atoms with Crippen molar-refractivity contribution >= 4 is 32.4 Å². The van der Waals surface area contributed by atoms with Crippen LogP contribution in [-0.4, -0.2) is 43.0 Å². The van der Waals surface area contributed by atoms with Crippen LogP contribution in [0.15, 0.2) is 0 Å². The predicted octanol–water partition coefficient (Wildman–Crippen LogP) is 0.590. The fraction of sp³-hybridized carbons (Fsp3) is 0.600. The van der Waals surface area contributed by atoms with Gasteiger partial charge in [-0.2, -0.15) is 0 Å². The highest BCUT2D eigenvalue weighted by atomic mass is 32.2. The van der Waals surface area contributed by atoms with E-state index < -0.39 is 10.0 Å². The Balaban J connectivity index is 1.91. The van der Waals surface area contributed by atoms with Gasteiger partial charge < -0.3 is 5.32 Å². The van der Waals surface area contributed by atoms with Crippen molar-refractivity contribution < 1.29 is 13.2 Å². The lowest BCUT2D eigenvalue weighted by Gasteiger charge is -2.35. The number of anilines is 1. The van der Waals surface area contributed by atoms with Gasteiger partial charge in [0.1, 0.15) is 0 Å². The normalized spacial score (nSPS) is 17.5. The van der Waals surface area contributed by atoms with Crippen molar-refractivity contribution in [1.29, 1.82) is 0 Å². The zero-order valence-electron chi connectivity index (χ0n) is 10.4. The van der Waals surface area contributed by atoms with Gasteiger partial charge in [-0.05, 0) is 13.8 Å². The van der Waals surface area contributed by atoms with Crippen molar-refractivity contribution in [1.82, 2.24) is 9.29 Å². The van der Waals surface area contributed by atoms with E-state index in [1.54, 1.807) is 0 Å². The van der Waals surface area contributed by atoms with E-state index in [0.717, 1.165) is 16.8 Å². The zero-order valence-corrected chi connectivity index (χ0v) is 12.1. The molecule has 1 fully saturated rings. The first kappa shape index (κ1) is 13.4. The van der Waals surface area contributed by atoms with Crippen LogP contribution in [0, 0.1) is 19.8 Å². The van der Waals surface area contributed by atoms with E-state index in [-0.39, 0.29) is 24.9 Å². The highest BCUT2D eigenvalue weighted by Crippen LogP contribution is 2.24. The van der Waals surface area contributed by atoms with Crippen LogP contribution in [0.1, 0.15) is 10.6 Å². The van der Waals surface area contributed by atoms with E-state index >= 15 is 0 Å². The fourth-order valence-corrected chi connectivity index (χ4v) is 3.33. The lowest BCUT2D eigenvalue weighted by molar-refractivity contribution is -0.122. The summed E-state index contributed by atoms with van der Waals surface area (Å²) in [5.41, 5.74) is 0.904. The van der Waals surface area contributed by atoms with Crippen LogP contribution in [0.25, 0.3) is 0 Å². The largest absolute Gasteiger partial charge is 0.302 e. The first-order valence-corrected chi connectivity index (χ1v) is 8.14. The molecule has 1 N–H and O–H groups in total. The van der Waals surface area contributed by atoms with Gasteiger partial charge in [0.25, 0.3) is 0 Å². The molecule has 18 heavy (non-hydrogen) atoms. The van der Waals surface area contributed by atoms with E-state index in [4.69, 9.17) is 0 Å². The van der Waals surface area contributed by atoms with E-state index in [1.165, 1.54) is 15.6 Å². The fourth-order valence-electron chi connectivity index (χ4n) is 1.61. The lowest BCUT2D eigenvalue weighted by atomic mass is 10.0. The summed E-state index contributed by atoms with van der Waals surface area (Å²) < 4.78 is 23.6. The molecule has 2 heterocycles. The van der Waals surface area contributed by atoms with Gasteiger partial charge in [0, 0.05) is 18.0 Å². The Bertz CT molecular complexity index is 554. The first-order valence-electron chi connectivity index (χ1n) is 5.47. The number of thiazole rings is 1. The van der Waals surface area contributed by atoms with Crippen molar-refractivity contribution in [3.05, 3.63) is 10.6 Å². The molecule has 6 nitrogen and oxygen atoms in total. The SMILES string of the molecule is Cc1nc(NC(=O)C2CN(S(C)(=O)=O)C2)sc1C. The maximum absolute atomic E-state index is 11.8. The smallest absolute Gasteiger partial charge is 0.231 e. The molecule has 0 radical (unpaired) electrons. The lowest BCUT2D eigenvalue weighted by Crippen LogP contribution is -2.53. The molecule has 1 amide bonds. The Morgan fingerprint density at radius 3 is 2.50 bits per heavy atom. The molecular weight excluding hydrogens is 274 g/mol. The second kappa shape index (κ2) is 4.60. The molecule has 1 aliphatic heterocycles. The number of nitrogens with one attached hydrogen (secondary N) is 1. The monoisotopic (exact) mass is 289 g/mol. The molecule has 1 saturated heterocycles. The van der Waals surface area contributed by atoms with Crippen LogP contribution in [0.5, 0.6) is 0 Å². The third-order valence-electron chi connectivity index (χ3n) is 2.95. The average molecular weight is 289 g/mol. The molecule has 1 aliphatic rings. The number of aromatic nitrogens is 1. The minimum Gasteiger partial charge on any atom is -0.302 e. The van der Waals surface area contributed by atoms with Crippen molar-refractivity contribution in [3.63, 3.8) is 0 Å². The van der Waals surface area contributed by atoms with Gasteiger partial charge in [0.05, 0.1) is 17.9 Å². The second-order valence-corrected chi connectivity index (χ2v) is 7.61. The standard InChI is InChI=1S/C10H15N3O3S2/c1-6-7(2)17-10(11-6)12-9(14)8-4-13(5-8)18(3,15)16/h8H,4-5H2,1-3H3,(H,11,12,14). The Morgan fingerprint density at radius 2 is 2.06 bits per heavy atom. The van der Waals surface area contributed by atoms with Gasteiger partial charge in [0.2, 0.25) is 15.9 Å². The summed E-state index contributed by atoms with van der Waals surface area (Å²) in [6, 6.07) is 0. The molecule has 0 spiro atoms. The third-order valence-corrected chi connectivity index (χ3v) is 5.17. The number of amides is 1. The van der Waals surface area contributed by atoms with Crippen LogP contribution in [0.2, 0.25) is 0 Å². The summed E-state index contributed by atoms with van der Waals surface area (Å²) in [5.74, 6) is -0.437. The molecule has 0 aliphatic carbocycles. The highest BCUT2D eigenvalue weighted by molar-refractivity contribution is 7.88. The summed E-state index contributed by atoms with van der Waals surface area (Å²) in [4.78, 5) is 17.1. The number of rotatable bonds is 3. The molecular formula is C10H15N3O3S2. The van der Waals surface area contributed by atoms with Gasteiger partial charge in [-0.3, -0.25) is 4.79 Å². The average Bonchev–Trinajstić information content (AvgIpc) is 2.39. The molecule has 0 atom stereocenters. The number of hydrogen-bond donors (Lipinski definition) is 1. The number of carbonyl (C=O) groups excluding carboxylic acids is 1. The number of nitrogens with zero attached hydrogens (tertiary/aromatic N) is 2. The summed E-state index contributed by atoms with van der Waals surface area (Å²) in [5, 5.41) is 3.30. The summed E-state index contributed by atoms with van der Waals surface area (Å²) in [6.45, 7) is 4.34. The van der Waals surface area contributed by atoms with Gasteiger partial charge in [-0.1, -0.05) is 0 Å². The van der Waals surface area contributed by atoms with Gasteiger partial charge in [-0.25, -0.2) is 17.7 Å². The number of hydrogen-bond acceptors (Lipinski definition) is 5. The molecule has 0 saturated carbocycles. The molecule has 0 unspecified atom stereocenters. The maximum atomic E-state index is 11.8. The summed E-state index contributed by atoms with van der Waals surface area (Å²) >= 11 is 1.43. The Morgan fingerprint density at radius 1 is 1.44 bits per heavy atom. The Hall–Kier alpha value is -0.990.